The third kappa shape index (κ3) is 4.04. The van der Waals surface area contributed by atoms with Crippen LogP contribution in [0.5, 0.6) is 5.75 Å². The predicted octanol–water partition coefficient (Wildman–Crippen LogP) is 4.66. The molecule has 3 rings (SSSR count). The van der Waals surface area contributed by atoms with Crippen LogP contribution in [0.4, 0.5) is 10.1 Å². The quantitative estimate of drug-likeness (QED) is 0.613. The van der Waals surface area contributed by atoms with Crippen molar-refractivity contribution in [2.45, 2.75) is 6.61 Å². The fourth-order valence-electron chi connectivity index (χ4n) is 2.58. The van der Waals surface area contributed by atoms with Crippen LogP contribution in [0.25, 0.3) is 11.1 Å². The van der Waals surface area contributed by atoms with E-state index in [1.165, 1.54) is 17.0 Å². The highest BCUT2D eigenvalue weighted by Gasteiger charge is 2.10. The third-order valence-corrected chi connectivity index (χ3v) is 3.91. The maximum Gasteiger partial charge on any atom is 0.213 e. The van der Waals surface area contributed by atoms with Crippen molar-refractivity contribution >= 4 is 12.1 Å². The lowest BCUT2D eigenvalue weighted by molar-refractivity contribution is -0.107. The Labute approximate surface area is 146 Å². The molecule has 0 radical (unpaired) electrons. The van der Waals surface area contributed by atoms with Crippen molar-refractivity contribution in [3.05, 3.63) is 84.2 Å². The summed E-state index contributed by atoms with van der Waals surface area (Å²) in [7, 11) is 1.64. The first kappa shape index (κ1) is 16.7. The van der Waals surface area contributed by atoms with Crippen LogP contribution in [-0.4, -0.2) is 13.5 Å². The molecule has 3 aromatic rings. The van der Waals surface area contributed by atoms with Crippen molar-refractivity contribution in [1.29, 1.82) is 0 Å². The first-order valence-electron chi connectivity index (χ1n) is 7.92. The number of anilines is 1. The molecule has 0 aliphatic rings. The molecule has 3 nitrogen and oxygen atoms in total. The van der Waals surface area contributed by atoms with E-state index in [9.17, 15) is 9.18 Å². The summed E-state index contributed by atoms with van der Waals surface area (Å²) < 4.78 is 19.4. The summed E-state index contributed by atoms with van der Waals surface area (Å²) in [5.41, 5.74) is 3.21. The molecule has 4 heteroatoms. The molecule has 0 saturated carbocycles. The zero-order chi connectivity index (χ0) is 17.6. The fraction of sp³-hybridized carbons (Fsp3) is 0.0952. The third-order valence-electron chi connectivity index (χ3n) is 3.91. The lowest BCUT2D eigenvalue weighted by Gasteiger charge is -2.16. The lowest BCUT2D eigenvalue weighted by Crippen LogP contribution is -2.14. The van der Waals surface area contributed by atoms with Crippen LogP contribution in [0.15, 0.2) is 72.8 Å². The zero-order valence-corrected chi connectivity index (χ0v) is 13.9. The molecule has 0 aliphatic carbocycles. The van der Waals surface area contributed by atoms with Gasteiger partial charge in [-0.25, -0.2) is 4.39 Å². The first-order valence-corrected chi connectivity index (χ1v) is 7.92. The topological polar surface area (TPSA) is 29.5 Å². The van der Waals surface area contributed by atoms with Gasteiger partial charge in [-0.1, -0.05) is 42.5 Å². The first-order chi connectivity index (χ1) is 12.2. The van der Waals surface area contributed by atoms with Crippen molar-refractivity contribution in [2.24, 2.45) is 0 Å². The van der Waals surface area contributed by atoms with Crippen LogP contribution in [0.2, 0.25) is 0 Å². The van der Waals surface area contributed by atoms with Gasteiger partial charge in [-0.05, 0) is 41.5 Å². The number of rotatable bonds is 6. The molecule has 3 aromatic carbocycles. The van der Waals surface area contributed by atoms with Crippen molar-refractivity contribution < 1.29 is 13.9 Å². The van der Waals surface area contributed by atoms with Crippen molar-refractivity contribution in [3.8, 4) is 16.9 Å². The van der Waals surface area contributed by atoms with E-state index in [0.29, 0.717) is 24.3 Å². The van der Waals surface area contributed by atoms with E-state index in [1.54, 1.807) is 13.1 Å². The molecule has 0 aliphatic heterocycles. The van der Waals surface area contributed by atoms with Gasteiger partial charge in [0, 0.05) is 12.6 Å². The number of halogens is 1. The number of carbonyl (C=O) groups is 1. The molecule has 0 saturated heterocycles. The Bertz CT molecular complexity index is 848. The van der Waals surface area contributed by atoms with E-state index in [1.807, 2.05) is 54.6 Å². The molecule has 0 N–H and O–H groups in total. The number of ether oxygens (including phenoxy) is 1. The second kappa shape index (κ2) is 7.62. The van der Waals surface area contributed by atoms with Crippen LogP contribution >= 0.6 is 0 Å². The number of benzene rings is 3. The van der Waals surface area contributed by atoms with Gasteiger partial charge in [-0.3, -0.25) is 4.79 Å². The molecule has 25 heavy (non-hydrogen) atoms. The van der Waals surface area contributed by atoms with E-state index in [0.717, 1.165) is 16.9 Å². The van der Waals surface area contributed by atoms with Crippen molar-refractivity contribution in [1.82, 2.24) is 0 Å². The molecular formula is C21H18FNO2. The van der Waals surface area contributed by atoms with Gasteiger partial charge in [0.05, 0.1) is 5.69 Å². The van der Waals surface area contributed by atoms with E-state index in [-0.39, 0.29) is 5.82 Å². The maximum absolute atomic E-state index is 13.7. The van der Waals surface area contributed by atoms with Crippen LogP contribution in [0.3, 0.4) is 0 Å². The highest BCUT2D eigenvalue weighted by Crippen LogP contribution is 2.31. The summed E-state index contributed by atoms with van der Waals surface area (Å²) in [6.45, 7) is 0.485. The molecule has 126 valence electrons. The standard InChI is InChI=1S/C21H18FNO2/c1-23(15-24)21-12-9-18(22)13-20(21)17-7-10-19(11-8-17)25-14-16-5-3-2-4-6-16/h2-13,15H,14H2,1H3. The second-order valence-electron chi connectivity index (χ2n) is 5.68. The van der Waals surface area contributed by atoms with Gasteiger partial charge in [-0.15, -0.1) is 0 Å². The SMILES string of the molecule is CN(C=O)c1ccc(F)cc1-c1ccc(OCc2ccccc2)cc1. The minimum atomic E-state index is -0.345. The summed E-state index contributed by atoms with van der Waals surface area (Å²) in [4.78, 5) is 12.5. The molecule has 0 bridgehead atoms. The van der Waals surface area contributed by atoms with E-state index >= 15 is 0 Å². The van der Waals surface area contributed by atoms with Crippen LogP contribution in [-0.2, 0) is 11.4 Å². The van der Waals surface area contributed by atoms with Gasteiger partial charge < -0.3 is 9.64 Å². The summed E-state index contributed by atoms with van der Waals surface area (Å²) in [6.07, 6.45) is 0.702. The van der Waals surface area contributed by atoms with Crippen molar-refractivity contribution in [3.63, 3.8) is 0 Å². The Morgan fingerprint density at radius 1 is 1.00 bits per heavy atom. The maximum atomic E-state index is 13.7. The average molecular weight is 335 g/mol. The van der Waals surface area contributed by atoms with E-state index in [2.05, 4.69) is 0 Å². The molecule has 0 heterocycles. The summed E-state index contributed by atoms with van der Waals surface area (Å²) in [6, 6.07) is 21.7. The van der Waals surface area contributed by atoms with E-state index < -0.39 is 0 Å². The highest BCUT2D eigenvalue weighted by atomic mass is 19.1. The molecule has 1 amide bonds. The van der Waals surface area contributed by atoms with Crippen molar-refractivity contribution in [2.75, 3.05) is 11.9 Å². The Morgan fingerprint density at radius 3 is 2.40 bits per heavy atom. The molecule has 0 fully saturated rings. The highest BCUT2D eigenvalue weighted by molar-refractivity contribution is 5.86. The number of nitrogens with zero attached hydrogens (tertiary/aromatic N) is 1. The Balaban J connectivity index is 1.80. The van der Waals surface area contributed by atoms with Crippen LogP contribution in [0.1, 0.15) is 5.56 Å². The number of hydrogen-bond donors (Lipinski definition) is 0. The van der Waals surface area contributed by atoms with Gasteiger partial charge in [0.25, 0.3) is 0 Å². The Morgan fingerprint density at radius 2 is 1.72 bits per heavy atom. The Kier molecular flexibility index (Phi) is 5.09. The monoisotopic (exact) mass is 335 g/mol. The van der Waals surface area contributed by atoms with Gasteiger partial charge in [0.2, 0.25) is 6.41 Å². The zero-order valence-electron chi connectivity index (χ0n) is 13.9. The number of amides is 1. The molecule has 0 spiro atoms. The van der Waals surface area contributed by atoms with E-state index in [4.69, 9.17) is 4.74 Å². The summed E-state index contributed by atoms with van der Waals surface area (Å²) in [5.74, 6) is 0.386. The second-order valence-corrected chi connectivity index (χ2v) is 5.68. The van der Waals surface area contributed by atoms with Gasteiger partial charge in [-0.2, -0.15) is 0 Å². The minimum Gasteiger partial charge on any atom is -0.489 e. The molecular weight excluding hydrogens is 317 g/mol. The van der Waals surface area contributed by atoms with Gasteiger partial charge >= 0.3 is 0 Å². The predicted molar refractivity (Wildman–Crippen MR) is 97.1 cm³/mol. The summed E-state index contributed by atoms with van der Waals surface area (Å²) >= 11 is 0. The van der Waals surface area contributed by atoms with Gasteiger partial charge in [0.1, 0.15) is 18.2 Å². The molecule has 0 atom stereocenters. The molecule has 0 unspecified atom stereocenters. The average Bonchev–Trinajstić information content (AvgIpc) is 2.67. The largest absolute Gasteiger partial charge is 0.489 e. The normalized spacial score (nSPS) is 10.3. The van der Waals surface area contributed by atoms with Crippen LogP contribution < -0.4 is 9.64 Å². The Hall–Kier alpha value is -3.14. The minimum absolute atomic E-state index is 0.345. The van der Waals surface area contributed by atoms with Gasteiger partial charge in [0.15, 0.2) is 0 Å². The lowest BCUT2D eigenvalue weighted by atomic mass is 10.0. The van der Waals surface area contributed by atoms with Crippen LogP contribution in [0, 0.1) is 5.82 Å². The fourth-order valence-corrected chi connectivity index (χ4v) is 2.58. The molecule has 0 aromatic heterocycles. The summed E-state index contributed by atoms with van der Waals surface area (Å²) in [5, 5.41) is 0. The number of hydrogen-bond acceptors (Lipinski definition) is 2. The smallest absolute Gasteiger partial charge is 0.213 e. The number of carbonyl (C=O) groups excluding carboxylic acids is 1.